The van der Waals surface area contributed by atoms with Gasteiger partial charge in [0.1, 0.15) is 17.5 Å². The first-order valence-corrected chi connectivity index (χ1v) is 8.61. The van der Waals surface area contributed by atoms with E-state index >= 15 is 0 Å². The number of halogens is 1. The van der Waals surface area contributed by atoms with Gasteiger partial charge in [0.25, 0.3) is 0 Å². The minimum atomic E-state index is -0.534. The first-order chi connectivity index (χ1) is 11.2. The molecule has 24 heavy (non-hydrogen) atoms. The zero-order chi connectivity index (χ0) is 17.9. The molecule has 134 valence electrons. The topological polar surface area (TPSA) is 41.6 Å². The Balaban J connectivity index is 2.20. The number of rotatable bonds is 4. The Morgan fingerprint density at radius 3 is 2.75 bits per heavy atom. The summed E-state index contributed by atoms with van der Waals surface area (Å²) in [4.78, 5) is 14.9. The lowest BCUT2D eigenvalue weighted by molar-refractivity contribution is -0.162. The van der Waals surface area contributed by atoms with Crippen LogP contribution in [-0.4, -0.2) is 48.2 Å². The molecule has 1 N–H and O–H groups in total. The van der Waals surface area contributed by atoms with Crippen LogP contribution in [0.15, 0.2) is 18.2 Å². The Hall–Kier alpha value is -1.46. The number of aryl methyl sites for hydroxylation is 1. The zero-order valence-corrected chi connectivity index (χ0v) is 15.4. The van der Waals surface area contributed by atoms with Gasteiger partial charge in [0.05, 0.1) is 0 Å². The van der Waals surface area contributed by atoms with Gasteiger partial charge in [-0.3, -0.25) is 9.69 Å². The standard InChI is InChI=1S/C19H29FN2O2/c1-13-6-7-15(10-16(13)20)11-17(18(23)24-19(3,4)5)22-9-8-21-14(2)12-22/h6-7,10,14,17,21H,8-9,11-12H2,1-5H3/t14-,17-/m0/s1. The Bertz CT molecular complexity index is 583. The van der Waals surface area contributed by atoms with Crippen molar-refractivity contribution in [3.8, 4) is 0 Å². The van der Waals surface area contributed by atoms with Gasteiger partial charge in [0, 0.05) is 25.7 Å². The van der Waals surface area contributed by atoms with Crippen molar-refractivity contribution in [3.05, 3.63) is 35.1 Å². The van der Waals surface area contributed by atoms with E-state index in [1.165, 1.54) is 6.07 Å². The van der Waals surface area contributed by atoms with Crippen LogP contribution in [0.3, 0.4) is 0 Å². The van der Waals surface area contributed by atoms with Gasteiger partial charge in [-0.1, -0.05) is 12.1 Å². The quantitative estimate of drug-likeness (QED) is 0.859. The number of nitrogens with one attached hydrogen (secondary N) is 1. The van der Waals surface area contributed by atoms with Gasteiger partial charge in [0.2, 0.25) is 0 Å². The monoisotopic (exact) mass is 336 g/mol. The van der Waals surface area contributed by atoms with E-state index in [1.54, 1.807) is 13.0 Å². The highest BCUT2D eigenvalue weighted by atomic mass is 19.1. The second kappa shape index (κ2) is 7.62. The maximum Gasteiger partial charge on any atom is 0.324 e. The van der Waals surface area contributed by atoms with Crippen LogP contribution in [-0.2, 0) is 16.0 Å². The highest BCUT2D eigenvalue weighted by molar-refractivity contribution is 5.76. The SMILES string of the molecule is Cc1ccc(C[C@@H](C(=O)OC(C)(C)C)N2CCN[C@@H](C)C2)cc1F. The average Bonchev–Trinajstić information content (AvgIpc) is 2.46. The van der Waals surface area contributed by atoms with Crippen molar-refractivity contribution >= 4 is 5.97 Å². The molecule has 4 nitrogen and oxygen atoms in total. The highest BCUT2D eigenvalue weighted by Crippen LogP contribution is 2.18. The zero-order valence-electron chi connectivity index (χ0n) is 15.4. The summed E-state index contributed by atoms with van der Waals surface area (Å²) in [6.07, 6.45) is 0.457. The molecular formula is C19H29FN2O2. The van der Waals surface area contributed by atoms with Crippen LogP contribution < -0.4 is 5.32 Å². The van der Waals surface area contributed by atoms with Crippen molar-refractivity contribution in [2.24, 2.45) is 0 Å². The number of ether oxygens (including phenoxy) is 1. The third kappa shape index (κ3) is 5.28. The molecule has 1 aromatic carbocycles. The number of hydrogen-bond acceptors (Lipinski definition) is 4. The average molecular weight is 336 g/mol. The fraction of sp³-hybridized carbons (Fsp3) is 0.632. The molecule has 1 heterocycles. The number of hydrogen-bond donors (Lipinski definition) is 1. The molecule has 1 fully saturated rings. The fourth-order valence-corrected chi connectivity index (χ4v) is 2.96. The number of carbonyl (C=O) groups is 1. The van der Waals surface area contributed by atoms with E-state index in [2.05, 4.69) is 17.1 Å². The Labute approximate surface area is 144 Å². The molecular weight excluding hydrogens is 307 g/mol. The van der Waals surface area contributed by atoms with Crippen molar-refractivity contribution in [2.75, 3.05) is 19.6 Å². The van der Waals surface area contributed by atoms with E-state index in [-0.39, 0.29) is 11.8 Å². The van der Waals surface area contributed by atoms with Gasteiger partial charge in [-0.2, -0.15) is 0 Å². The predicted molar refractivity (Wildman–Crippen MR) is 93.5 cm³/mol. The van der Waals surface area contributed by atoms with Crippen LogP contribution in [0.5, 0.6) is 0 Å². The molecule has 1 aromatic rings. The molecule has 0 saturated carbocycles. The lowest BCUT2D eigenvalue weighted by Crippen LogP contribution is -2.56. The largest absolute Gasteiger partial charge is 0.459 e. The fourth-order valence-electron chi connectivity index (χ4n) is 2.96. The number of piperazine rings is 1. The lowest BCUT2D eigenvalue weighted by Gasteiger charge is -2.37. The van der Waals surface area contributed by atoms with E-state index in [1.807, 2.05) is 26.8 Å². The molecule has 0 spiro atoms. The van der Waals surface area contributed by atoms with Crippen molar-refractivity contribution in [2.45, 2.75) is 58.7 Å². The van der Waals surface area contributed by atoms with E-state index in [9.17, 15) is 9.18 Å². The summed E-state index contributed by atoms with van der Waals surface area (Å²) in [6, 6.07) is 5.10. The van der Waals surface area contributed by atoms with Gasteiger partial charge in [-0.05, 0) is 58.2 Å². The van der Waals surface area contributed by atoms with Crippen LogP contribution in [0, 0.1) is 12.7 Å². The van der Waals surface area contributed by atoms with E-state index in [0.29, 0.717) is 18.0 Å². The molecule has 1 aliphatic rings. The highest BCUT2D eigenvalue weighted by Gasteiger charge is 2.32. The van der Waals surface area contributed by atoms with Crippen LogP contribution in [0.1, 0.15) is 38.8 Å². The normalized spacial score (nSPS) is 20.7. The van der Waals surface area contributed by atoms with Crippen molar-refractivity contribution in [1.29, 1.82) is 0 Å². The third-order valence-corrected chi connectivity index (χ3v) is 4.19. The molecule has 0 bridgehead atoms. The number of esters is 1. The van der Waals surface area contributed by atoms with Gasteiger partial charge in [0.15, 0.2) is 0 Å². The molecule has 0 aromatic heterocycles. The minimum absolute atomic E-state index is 0.232. The number of benzene rings is 1. The maximum absolute atomic E-state index is 13.9. The van der Waals surface area contributed by atoms with Gasteiger partial charge in [-0.25, -0.2) is 4.39 Å². The molecule has 1 saturated heterocycles. The summed E-state index contributed by atoms with van der Waals surface area (Å²) in [5.74, 6) is -0.471. The molecule has 5 heteroatoms. The van der Waals surface area contributed by atoms with E-state index in [0.717, 1.165) is 25.2 Å². The van der Waals surface area contributed by atoms with E-state index < -0.39 is 11.6 Å². The van der Waals surface area contributed by atoms with Gasteiger partial charge < -0.3 is 10.1 Å². The lowest BCUT2D eigenvalue weighted by atomic mass is 10.0. The third-order valence-electron chi connectivity index (χ3n) is 4.19. The van der Waals surface area contributed by atoms with Gasteiger partial charge >= 0.3 is 5.97 Å². The Morgan fingerprint density at radius 1 is 1.46 bits per heavy atom. The second-order valence-corrected chi connectivity index (χ2v) is 7.69. The smallest absolute Gasteiger partial charge is 0.324 e. The van der Waals surface area contributed by atoms with Crippen molar-refractivity contribution in [3.63, 3.8) is 0 Å². The first kappa shape index (κ1) is 18.9. The molecule has 0 unspecified atom stereocenters. The molecule has 0 radical (unpaired) electrons. The van der Waals surface area contributed by atoms with Crippen LogP contribution in [0.25, 0.3) is 0 Å². The summed E-state index contributed by atoms with van der Waals surface area (Å²) in [7, 11) is 0. The second-order valence-electron chi connectivity index (χ2n) is 7.69. The molecule has 1 aliphatic heterocycles. The van der Waals surface area contributed by atoms with Crippen LogP contribution in [0.4, 0.5) is 4.39 Å². The summed E-state index contributed by atoms with van der Waals surface area (Å²) in [6.45, 7) is 11.8. The molecule has 0 aliphatic carbocycles. The summed E-state index contributed by atoms with van der Waals surface area (Å²) in [5, 5.41) is 3.38. The predicted octanol–water partition coefficient (Wildman–Crippen LogP) is 2.68. The maximum atomic E-state index is 13.9. The Morgan fingerprint density at radius 2 is 2.17 bits per heavy atom. The summed E-state index contributed by atoms with van der Waals surface area (Å²) >= 11 is 0. The van der Waals surface area contributed by atoms with Crippen molar-refractivity contribution < 1.29 is 13.9 Å². The Kier molecular flexibility index (Phi) is 5.99. The van der Waals surface area contributed by atoms with Gasteiger partial charge in [-0.15, -0.1) is 0 Å². The van der Waals surface area contributed by atoms with E-state index in [4.69, 9.17) is 4.74 Å². The summed E-state index contributed by atoms with van der Waals surface area (Å²) < 4.78 is 19.5. The van der Waals surface area contributed by atoms with Crippen molar-refractivity contribution in [1.82, 2.24) is 10.2 Å². The molecule has 2 atom stereocenters. The molecule has 0 amide bonds. The van der Waals surface area contributed by atoms with Crippen LogP contribution >= 0.6 is 0 Å². The molecule has 2 rings (SSSR count). The number of carbonyl (C=O) groups excluding carboxylic acids is 1. The first-order valence-electron chi connectivity index (χ1n) is 8.61. The number of nitrogens with zero attached hydrogens (tertiary/aromatic N) is 1. The van der Waals surface area contributed by atoms with Crippen LogP contribution in [0.2, 0.25) is 0 Å². The minimum Gasteiger partial charge on any atom is -0.459 e. The summed E-state index contributed by atoms with van der Waals surface area (Å²) in [5.41, 5.74) is 0.900.